The third kappa shape index (κ3) is 3.48. The zero-order valence-corrected chi connectivity index (χ0v) is 14.7. The predicted molar refractivity (Wildman–Crippen MR) is 95.5 cm³/mol. The molecule has 0 saturated carbocycles. The molecule has 0 aliphatic carbocycles. The summed E-state index contributed by atoms with van der Waals surface area (Å²) in [4.78, 5) is 4.40. The number of aromatic nitrogens is 2. The topological polar surface area (TPSA) is 73.2 Å². The molecule has 0 fully saturated rings. The van der Waals surface area contributed by atoms with Crippen LogP contribution in [0.4, 0.5) is 4.39 Å². The number of nitrogens with zero attached hydrogens (tertiary/aromatic N) is 2. The molecule has 6 nitrogen and oxygen atoms in total. The molecule has 8 heteroatoms. The summed E-state index contributed by atoms with van der Waals surface area (Å²) in [7, 11) is -3.48. The van der Waals surface area contributed by atoms with E-state index in [-0.39, 0.29) is 24.2 Å². The fourth-order valence-corrected chi connectivity index (χ4v) is 4.39. The van der Waals surface area contributed by atoms with Crippen LogP contribution in [-0.2, 0) is 27.1 Å². The summed E-state index contributed by atoms with van der Waals surface area (Å²) in [6.45, 7) is 0.873. The minimum atomic E-state index is -3.48. The number of imidazole rings is 1. The van der Waals surface area contributed by atoms with Gasteiger partial charge in [-0.15, -0.1) is 0 Å². The highest BCUT2D eigenvalue weighted by atomic mass is 32.2. The van der Waals surface area contributed by atoms with E-state index in [2.05, 4.69) is 9.71 Å². The zero-order chi connectivity index (χ0) is 18.1. The number of fused-ring (bicyclic) bond motifs is 3. The van der Waals surface area contributed by atoms with Gasteiger partial charge in [0.05, 0.1) is 29.4 Å². The number of hydrogen-bond acceptors (Lipinski definition) is 4. The first-order valence-electron chi connectivity index (χ1n) is 8.27. The van der Waals surface area contributed by atoms with Crippen LogP contribution in [-0.4, -0.2) is 31.1 Å². The molecule has 0 amide bonds. The van der Waals surface area contributed by atoms with Crippen molar-refractivity contribution in [1.82, 2.24) is 14.3 Å². The molecule has 2 heterocycles. The molecule has 4 rings (SSSR count). The lowest BCUT2D eigenvalue weighted by molar-refractivity contribution is 0.0581. The summed E-state index contributed by atoms with van der Waals surface area (Å²) in [6.07, 6.45) is 0. The SMILES string of the molecule is O=S(=O)(Cc1ccccc1)NC[C@H]1COCc2nc3cc(F)ccc3n21. The quantitative estimate of drug-likeness (QED) is 0.743. The second-order valence-electron chi connectivity index (χ2n) is 6.29. The Morgan fingerprint density at radius 1 is 1.23 bits per heavy atom. The Morgan fingerprint density at radius 2 is 2.04 bits per heavy atom. The maximum Gasteiger partial charge on any atom is 0.215 e. The number of halogens is 1. The van der Waals surface area contributed by atoms with E-state index in [9.17, 15) is 12.8 Å². The van der Waals surface area contributed by atoms with Crippen LogP contribution in [0.15, 0.2) is 48.5 Å². The normalized spacial score (nSPS) is 17.3. The molecule has 1 N–H and O–H groups in total. The molecule has 0 spiro atoms. The number of sulfonamides is 1. The Bertz CT molecular complexity index is 1030. The van der Waals surface area contributed by atoms with E-state index >= 15 is 0 Å². The smallest absolute Gasteiger partial charge is 0.215 e. The van der Waals surface area contributed by atoms with Crippen LogP contribution in [0.1, 0.15) is 17.4 Å². The highest BCUT2D eigenvalue weighted by molar-refractivity contribution is 7.88. The molecule has 1 aliphatic rings. The number of benzene rings is 2. The Balaban J connectivity index is 1.54. The van der Waals surface area contributed by atoms with Gasteiger partial charge >= 0.3 is 0 Å². The van der Waals surface area contributed by atoms with Gasteiger partial charge in [0.2, 0.25) is 10.0 Å². The Kier molecular flexibility index (Phi) is 4.47. The molecule has 1 aliphatic heterocycles. The largest absolute Gasteiger partial charge is 0.371 e. The molecular weight excluding hydrogens is 357 g/mol. The van der Waals surface area contributed by atoms with Crippen LogP contribution >= 0.6 is 0 Å². The van der Waals surface area contributed by atoms with Gasteiger partial charge in [-0.3, -0.25) is 0 Å². The molecule has 2 aromatic carbocycles. The van der Waals surface area contributed by atoms with Gasteiger partial charge in [-0.2, -0.15) is 0 Å². The minimum absolute atomic E-state index is 0.0792. The van der Waals surface area contributed by atoms with Crippen LogP contribution in [0, 0.1) is 5.82 Å². The van der Waals surface area contributed by atoms with E-state index in [4.69, 9.17) is 4.74 Å². The van der Waals surface area contributed by atoms with Gasteiger partial charge in [-0.1, -0.05) is 30.3 Å². The Hall–Kier alpha value is -2.29. The monoisotopic (exact) mass is 375 g/mol. The molecule has 26 heavy (non-hydrogen) atoms. The van der Waals surface area contributed by atoms with Crippen molar-refractivity contribution in [3.05, 3.63) is 65.7 Å². The lowest BCUT2D eigenvalue weighted by atomic mass is 10.2. The Morgan fingerprint density at radius 3 is 2.85 bits per heavy atom. The van der Waals surface area contributed by atoms with Crippen LogP contribution in [0.3, 0.4) is 0 Å². The van der Waals surface area contributed by atoms with Crippen LogP contribution in [0.25, 0.3) is 11.0 Å². The van der Waals surface area contributed by atoms with Gasteiger partial charge in [0.15, 0.2) is 0 Å². The van der Waals surface area contributed by atoms with E-state index in [0.29, 0.717) is 24.6 Å². The van der Waals surface area contributed by atoms with Crippen molar-refractivity contribution >= 4 is 21.1 Å². The highest BCUT2D eigenvalue weighted by Gasteiger charge is 2.25. The summed E-state index contributed by atoms with van der Waals surface area (Å²) in [5.41, 5.74) is 2.05. The van der Waals surface area contributed by atoms with E-state index in [0.717, 1.165) is 11.1 Å². The molecule has 0 radical (unpaired) electrons. The molecule has 0 saturated heterocycles. The molecule has 1 atom stereocenters. The third-order valence-electron chi connectivity index (χ3n) is 4.37. The number of nitrogens with one attached hydrogen (secondary N) is 1. The first-order valence-corrected chi connectivity index (χ1v) is 9.92. The maximum absolute atomic E-state index is 13.4. The van der Waals surface area contributed by atoms with Crippen LogP contribution in [0.5, 0.6) is 0 Å². The predicted octanol–water partition coefficient (Wildman–Crippen LogP) is 2.37. The van der Waals surface area contributed by atoms with Gasteiger partial charge < -0.3 is 9.30 Å². The zero-order valence-electron chi connectivity index (χ0n) is 13.9. The van der Waals surface area contributed by atoms with Gasteiger partial charge in [-0.05, 0) is 17.7 Å². The average molecular weight is 375 g/mol. The first kappa shape index (κ1) is 17.1. The minimum Gasteiger partial charge on any atom is -0.371 e. The van der Waals surface area contributed by atoms with E-state index in [1.165, 1.54) is 12.1 Å². The molecule has 1 aromatic heterocycles. The summed E-state index contributed by atoms with van der Waals surface area (Å²) < 4.78 is 48.3. The molecule has 0 unspecified atom stereocenters. The molecule has 136 valence electrons. The van der Waals surface area contributed by atoms with Gasteiger partial charge in [-0.25, -0.2) is 22.5 Å². The highest BCUT2D eigenvalue weighted by Crippen LogP contribution is 2.26. The van der Waals surface area contributed by atoms with Crippen molar-refractivity contribution < 1.29 is 17.5 Å². The van der Waals surface area contributed by atoms with Crippen molar-refractivity contribution in [3.63, 3.8) is 0 Å². The van der Waals surface area contributed by atoms with Crippen molar-refractivity contribution in [2.75, 3.05) is 13.2 Å². The summed E-state index contributed by atoms with van der Waals surface area (Å²) in [5, 5.41) is 0. The summed E-state index contributed by atoms with van der Waals surface area (Å²) >= 11 is 0. The van der Waals surface area contributed by atoms with Crippen LogP contribution in [0.2, 0.25) is 0 Å². The summed E-state index contributed by atoms with van der Waals surface area (Å²) in [6, 6.07) is 13.2. The second-order valence-corrected chi connectivity index (χ2v) is 8.10. The van der Waals surface area contributed by atoms with Crippen LogP contribution < -0.4 is 4.72 Å². The number of hydrogen-bond donors (Lipinski definition) is 1. The number of rotatable bonds is 5. The summed E-state index contributed by atoms with van der Waals surface area (Å²) in [5.74, 6) is 0.238. The standard InChI is InChI=1S/C18H18FN3O3S/c19-14-6-7-17-16(8-14)21-18-11-25-10-15(22(17)18)9-20-26(23,24)12-13-4-2-1-3-5-13/h1-8,15,20H,9-12H2/t15-/m0/s1. The molecule has 3 aromatic rings. The number of ether oxygens (including phenoxy) is 1. The van der Waals surface area contributed by atoms with E-state index in [1.54, 1.807) is 18.2 Å². The van der Waals surface area contributed by atoms with Gasteiger partial charge in [0, 0.05) is 12.6 Å². The lowest BCUT2D eigenvalue weighted by Crippen LogP contribution is -2.36. The Labute approximate surface area is 150 Å². The van der Waals surface area contributed by atoms with Crippen molar-refractivity contribution in [2.24, 2.45) is 0 Å². The first-order chi connectivity index (χ1) is 12.5. The van der Waals surface area contributed by atoms with Crippen molar-refractivity contribution in [1.29, 1.82) is 0 Å². The second kappa shape index (κ2) is 6.79. The fraction of sp³-hybridized carbons (Fsp3) is 0.278. The third-order valence-corrected chi connectivity index (χ3v) is 5.69. The average Bonchev–Trinajstić information content (AvgIpc) is 2.98. The molecule has 0 bridgehead atoms. The van der Waals surface area contributed by atoms with Gasteiger partial charge in [0.25, 0.3) is 0 Å². The van der Waals surface area contributed by atoms with Crippen molar-refractivity contribution in [2.45, 2.75) is 18.4 Å². The fourth-order valence-electron chi connectivity index (χ4n) is 3.21. The van der Waals surface area contributed by atoms with Crippen molar-refractivity contribution in [3.8, 4) is 0 Å². The van der Waals surface area contributed by atoms with E-state index < -0.39 is 10.0 Å². The maximum atomic E-state index is 13.4. The van der Waals surface area contributed by atoms with Gasteiger partial charge in [0.1, 0.15) is 18.2 Å². The van der Waals surface area contributed by atoms with E-state index in [1.807, 2.05) is 22.8 Å². The lowest BCUT2D eigenvalue weighted by Gasteiger charge is -2.26. The molecular formula is C18H18FN3O3S.